The Labute approximate surface area is 120 Å². The predicted molar refractivity (Wildman–Crippen MR) is 76.6 cm³/mol. The Morgan fingerprint density at radius 2 is 2.10 bits per heavy atom. The Balaban J connectivity index is 2.14. The van der Waals surface area contributed by atoms with E-state index in [1.54, 1.807) is 19.2 Å². The molecule has 5 nitrogen and oxygen atoms in total. The van der Waals surface area contributed by atoms with E-state index in [0.29, 0.717) is 18.0 Å². The van der Waals surface area contributed by atoms with E-state index in [4.69, 9.17) is 5.26 Å². The van der Waals surface area contributed by atoms with Gasteiger partial charge in [-0.1, -0.05) is 6.07 Å². The van der Waals surface area contributed by atoms with Crippen molar-refractivity contribution in [3.8, 4) is 6.07 Å². The number of piperidine rings is 1. The van der Waals surface area contributed by atoms with Gasteiger partial charge in [0.1, 0.15) is 0 Å². The molecule has 0 amide bonds. The summed E-state index contributed by atoms with van der Waals surface area (Å²) in [5.41, 5.74) is 0.362. The predicted octanol–water partition coefficient (Wildman–Crippen LogP) is 1.18. The average molecular weight is 293 g/mol. The van der Waals surface area contributed by atoms with Gasteiger partial charge in [0.15, 0.2) is 0 Å². The van der Waals surface area contributed by atoms with Crippen molar-refractivity contribution in [2.75, 3.05) is 26.7 Å². The summed E-state index contributed by atoms with van der Waals surface area (Å²) in [4.78, 5) is 0.188. The Morgan fingerprint density at radius 3 is 2.75 bits per heavy atom. The Hall–Kier alpha value is -1.42. The molecular weight excluding hydrogens is 274 g/mol. The summed E-state index contributed by atoms with van der Waals surface area (Å²) < 4.78 is 26.4. The van der Waals surface area contributed by atoms with Crippen molar-refractivity contribution in [3.63, 3.8) is 0 Å². The molecule has 6 heteroatoms. The average Bonchev–Trinajstić information content (AvgIpc) is 2.48. The highest BCUT2D eigenvalue weighted by Gasteiger charge is 2.24. The molecule has 1 N–H and O–H groups in total. The quantitative estimate of drug-likeness (QED) is 0.904. The second-order valence-electron chi connectivity index (χ2n) is 5.12. The third-order valence-corrected chi connectivity index (χ3v) is 5.46. The first-order chi connectivity index (χ1) is 9.54. The molecule has 1 aliphatic heterocycles. The number of nitrogens with one attached hydrogen (secondary N) is 1. The molecular formula is C14H19N3O2S. The lowest BCUT2D eigenvalue weighted by molar-refractivity contribution is 0.311. The van der Waals surface area contributed by atoms with Crippen molar-refractivity contribution in [2.24, 2.45) is 5.92 Å². The lowest BCUT2D eigenvalue weighted by atomic mass is 9.98. The monoisotopic (exact) mass is 293 g/mol. The molecule has 20 heavy (non-hydrogen) atoms. The fourth-order valence-electron chi connectivity index (χ4n) is 2.43. The van der Waals surface area contributed by atoms with E-state index in [-0.39, 0.29) is 4.90 Å². The van der Waals surface area contributed by atoms with Crippen LogP contribution in [0, 0.1) is 17.2 Å². The lowest BCUT2D eigenvalue weighted by Gasteiger charge is -2.27. The summed E-state index contributed by atoms with van der Waals surface area (Å²) in [5, 5.41) is 12.1. The van der Waals surface area contributed by atoms with Crippen LogP contribution in [-0.4, -0.2) is 39.4 Å². The van der Waals surface area contributed by atoms with Crippen molar-refractivity contribution in [3.05, 3.63) is 29.8 Å². The van der Waals surface area contributed by atoms with Gasteiger partial charge < -0.3 is 5.32 Å². The zero-order chi connectivity index (χ0) is 14.6. The highest BCUT2D eigenvalue weighted by molar-refractivity contribution is 7.89. The Kier molecular flexibility index (Phi) is 4.76. The molecule has 0 aliphatic carbocycles. The first-order valence-electron chi connectivity index (χ1n) is 6.71. The number of sulfonamides is 1. The molecule has 0 aromatic heterocycles. The van der Waals surface area contributed by atoms with E-state index in [9.17, 15) is 8.42 Å². The topological polar surface area (TPSA) is 73.2 Å². The minimum absolute atomic E-state index is 0.188. The molecule has 1 fully saturated rings. The van der Waals surface area contributed by atoms with Gasteiger partial charge in [-0.2, -0.15) is 5.26 Å². The molecule has 1 saturated heterocycles. The van der Waals surface area contributed by atoms with Crippen molar-refractivity contribution in [1.29, 1.82) is 5.26 Å². The third-order valence-electron chi connectivity index (χ3n) is 3.65. The number of hydrogen-bond acceptors (Lipinski definition) is 4. The molecule has 0 bridgehead atoms. The van der Waals surface area contributed by atoms with Crippen LogP contribution in [0.2, 0.25) is 0 Å². The van der Waals surface area contributed by atoms with Gasteiger partial charge in [-0.05, 0) is 50.0 Å². The highest BCUT2D eigenvalue weighted by Crippen LogP contribution is 2.19. The standard InChI is InChI=1S/C14H19N3O2S/c1-17(11-12-5-7-16-8-6-12)20(18,19)14-4-2-3-13(9-14)10-15/h2-4,9,12,16H,5-8,11H2,1H3. The van der Waals surface area contributed by atoms with Gasteiger partial charge >= 0.3 is 0 Å². The SMILES string of the molecule is CN(CC1CCNCC1)S(=O)(=O)c1cccc(C#N)c1. The van der Waals surface area contributed by atoms with Crippen molar-refractivity contribution < 1.29 is 8.42 Å². The second-order valence-corrected chi connectivity index (χ2v) is 7.16. The molecule has 108 valence electrons. The molecule has 0 radical (unpaired) electrons. The smallest absolute Gasteiger partial charge is 0.242 e. The highest BCUT2D eigenvalue weighted by atomic mass is 32.2. The third kappa shape index (κ3) is 3.37. The summed E-state index contributed by atoms with van der Waals surface area (Å²) in [5.74, 6) is 0.398. The minimum atomic E-state index is -3.51. The van der Waals surface area contributed by atoms with Crippen LogP contribution in [0.5, 0.6) is 0 Å². The van der Waals surface area contributed by atoms with E-state index in [2.05, 4.69) is 5.32 Å². The number of nitriles is 1. The van der Waals surface area contributed by atoms with Gasteiger partial charge in [-0.15, -0.1) is 0 Å². The largest absolute Gasteiger partial charge is 0.317 e. The van der Waals surface area contributed by atoms with Crippen molar-refractivity contribution in [1.82, 2.24) is 9.62 Å². The fraction of sp³-hybridized carbons (Fsp3) is 0.500. The summed E-state index contributed by atoms with van der Waals surface area (Å²) in [6, 6.07) is 8.13. The van der Waals surface area contributed by atoms with E-state index >= 15 is 0 Å². The fourth-order valence-corrected chi connectivity index (χ4v) is 3.73. The molecule has 0 spiro atoms. The van der Waals surface area contributed by atoms with Crippen LogP contribution < -0.4 is 5.32 Å². The van der Waals surface area contributed by atoms with Crippen LogP contribution in [-0.2, 0) is 10.0 Å². The zero-order valence-corrected chi connectivity index (χ0v) is 12.4. The van der Waals surface area contributed by atoms with E-state index in [1.165, 1.54) is 16.4 Å². The van der Waals surface area contributed by atoms with Gasteiger partial charge in [-0.25, -0.2) is 12.7 Å². The van der Waals surface area contributed by atoms with Gasteiger partial charge in [0.25, 0.3) is 0 Å². The zero-order valence-electron chi connectivity index (χ0n) is 11.5. The van der Waals surface area contributed by atoms with Gasteiger partial charge in [0.2, 0.25) is 10.0 Å². The van der Waals surface area contributed by atoms with Crippen LogP contribution >= 0.6 is 0 Å². The van der Waals surface area contributed by atoms with Crippen LogP contribution in [0.4, 0.5) is 0 Å². The lowest BCUT2D eigenvalue weighted by Crippen LogP contribution is -2.37. The van der Waals surface area contributed by atoms with Gasteiger partial charge in [-0.3, -0.25) is 0 Å². The normalized spacial score (nSPS) is 17.1. The molecule has 1 aliphatic rings. The first kappa shape index (κ1) is 15.0. The summed E-state index contributed by atoms with van der Waals surface area (Å²) in [7, 11) is -1.90. The van der Waals surface area contributed by atoms with E-state index in [1.807, 2.05) is 6.07 Å². The second kappa shape index (κ2) is 6.35. The van der Waals surface area contributed by atoms with Gasteiger partial charge in [0.05, 0.1) is 16.5 Å². The van der Waals surface area contributed by atoms with Crippen LogP contribution in [0.1, 0.15) is 18.4 Å². The first-order valence-corrected chi connectivity index (χ1v) is 8.15. The Bertz CT molecular complexity index is 601. The van der Waals surface area contributed by atoms with Crippen LogP contribution in [0.25, 0.3) is 0 Å². The number of hydrogen-bond donors (Lipinski definition) is 1. The Morgan fingerprint density at radius 1 is 1.40 bits per heavy atom. The molecule has 0 atom stereocenters. The number of benzene rings is 1. The maximum Gasteiger partial charge on any atom is 0.242 e. The van der Waals surface area contributed by atoms with Gasteiger partial charge in [0, 0.05) is 13.6 Å². The van der Waals surface area contributed by atoms with Crippen LogP contribution in [0.3, 0.4) is 0 Å². The van der Waals surface area contributed by atoms with E-state index < -0.39 is 10.0 Å². The summed E-state index contributed by atoms with van der Waals surface area (Å²) >= 11 is 0. The molecule has 0 saturated carbocycles. The van der Waals surface area contributed by atoms with Crippen LogP contribution in [0.15, 0.2) is 29.2 Å². The maximum absolute atomic E-state index is 12.5. The minimum Gasteiger partial charge on any atom is -0.317 e. The molecule has 1 heterocycles. The molecule has 1 aromatic rings. The number of rotatable bonds is 4. The van der Waals surface area contributed by atoms with Crippen molar-refractivity contribution in [2.45, 2.75) is 17.7 Å². The van der Waals surface area contributed by atoms with Crippen molar-refractivity contribution >= 4 is 10.0 Å². The molecule has 2 rings (SSSR count). The molecule has 0 unspecified atom stereocenters. The molecule has 1 aromatic carbocycles. The van der Waals surface area contributed by atoms with E-state index in [0.717, 1.165) is 25.9 Å². The summed E-state index contributed by atoms with van der Waals surface area (Å²) in [6.07, 6.45) is 2.00. The summed E-state index contributed by atoms with van der Waals surface area (Å²) in [6.45, 7) is 2.42. The number of nitrogens with zero attached hydrogens (tertiary/aromatic N) is 2. The maximum atomic E-state index is 12.5.